The van der Waals surface area contributed by atoms with Crippen LogP contribution in [0.4, 0.5) is 4.79 Å². The van der Waals surface area contributed by atoms with Crippen LogP contribution in [0.2, 0.25) is 36.3 Å². The Hall–Kier alpha value is -1.17. The number of carbonyl (C=O) groups excluding carboxylic acids is 2. The van der Waals surface area contributed by atoms with E-state index in [1.165, 1.54) is 13.4 Å². The van der Waals surface area contributed by atoms with Crippen molar-refractivity contribution in [2.75, 3.05) is 20.3 Å². The number of amides is 3. The SMILES string of the molecule is COC=C(C)C(=O)NC(=O)NC(CO[Si](C)(C)C(C)(C)C)CO[Si](C)(C)C(C)(C)C. The Labute approximate surface area is 185 Å². The van der Waals surface area contributed by atoms with Gasteiger partial charge in [0, 0.05) is 5.57 Å². The lowest BCUT2D eigenvalue weighted by molar-refractivity contribution is -0.116. The first-order valence-corrected chi connectivity index (χ1v) is 16.2. The Morgan fingerprint density at radius 1 is 0.900 bits per heavy atom. The van der Waals surface area contributed by atoms with Gasteiger partial charge in [-0.1, -0.05) is 41.5 Å². The highest BCUT2D eigenvalue weighted by atomic mass is 28.4. The molecule has 2 N–H and O–H groups in total. The Balaban J connectivity index is 5.26. The molecule has 0 radical (unpaired) electrons. The third-order valence-corrected chi connectivity index (χ3v) is 15.1. The normalized spacial score (nSPS) is 14.0. The Bertz CT molecular complexity index is 590. The van der Waals surface area contributed by atoms with Gasteiger partial charge in [-0.25, -0.2) is 4.79 Å². The highest BCUT2D eigenvalue weighted by Gasteiger charge is 2.39. The van der Waals surface area contributed by atoms with Gasteiger partial charge in [-0.05, 0) is 43.2 Å². The van der Waals surface area contributed by atoms with E-state index in [1.807, 2.05) is 0 Å². The molecule has 0 saturated heterocycles. The molecule has 0 bridgehead atoms. The number of methoxy groups -OCH3 is 1. The lowest BCUT2D eigenvalue weighted by atomic mass is 10.2. The fraction of sp³-hybridized carbons (Fsp3) is 0.810. The molecule has 0 aliphatic carbocycles. The smallest absolute Gasteiger partial charge is 0.322 e. The van der Waals surface area contributed by atoms with Crippen LogP contribution < -0.4 is 10.6 Å². The van der Waals surface area contributed by atoms with Crippen molar-refractivity contribution in [1.29, 1.82) is 0 Å². The number of nitrogens with one attached hydrogen (secondary N) is 2. The molecule has 30 heavy (non-hydrogen) atoms. The fourth-order valence-electron chi connectivity index (χ4n) is 1.84. The molecular formula is C21H44N2O5Si2. The number of imide groups is 1. The van der Waals surface area contributed by atoms with Crippen LogP contribution in [0.1, 0.15) is 48.5 Å². The van der Waals surface area contributed by atoms with Crippen molar-refractivity contribution >= 4 is 28.6 Å². The molecule has 0 aliphatic rings. The molecule has 0 aromatic carbocycles. The van der Waals surface area contributed by atoms with Gasteiger partial charge in [-0.3, -0.25) is 10.1 Å². The summed E-state index contributed by atoms with van der Waals surface area (Å²) in [5.74, 6) is -0.510. The number of hydrogen-bond donors (Lipinski definition) is 2. The van der Waals surface area contributed by atoms with Gasteiger partial charge in [-0.15, -0.1) is 0 Å². The zero-order valence-corrected chi connectivity index (χ0v) is 23.1. The van der Waals surface area contributed by atoms with Crippen molar-refractivity contribution in [3.63, 3.8) is 0 Å². The summed E-state index contributed by atoms with van der Waals surface area (Å²) in [5, 5.41) is 5.28. The number of rotatable bonds is 9. The van der Waals surface area contributed by atoms with Crippen LogP contribution in [0.25, 0.3) is 0 Å². The van der Waals surface area contributed by atoms with Crippen molar-refractivity contribution < 1.29 is 23.2 Å². The first kappa shape index (κ1) is 28.8. The second kappa shape index (κ2) is 10.9. The van der Waals surface area contributed by atoms with E-state index in [2.05, 4.69) is 78.4 Å². The van der Waals surface area contributed by atoms with Gasteiger partial charge in [0.2, 0.25) is 0 Å². The first-order chi connectivity index (χ1) is 13.3. The van der Waals surface area contributed by atoms with Crippen molar-refractivity contribution in [1.82, 2.24) is 10.6 Å². The summed E-state index contributed by atoms with van der Waals surface area (Å²) < 4.78 is 17.4. The van der Waals surface area contributed by atoms with E-state index in [0.29, 0.717) is 18.8 Å². The summed E-state index contributed by atoms with van der Waals surface area (Å²) >= 11 is 0. The van der Waals surface area contributed by atoms with Gasteiger partial charge in [-0.2, -0.15) is 0 Å². The molecule has 9 heteroatoms. The molecule has 0 atom stereocenters. The summed E-state index contributed by atoms with van der Waals surface area (Å²) in [6.45, 7) is 23.9. The standard InChI is InChI=1S/C21H44N2O5Si2/c1-16(13-26-8)18(24)23-19(25)22-17(14-27-29(9,10)20(2,3)4)15-28-30(11,12)21(5,6)7/h13,17H,14-15H2,1-12H3,(H2,22,23,24,25). The number of urea groups is 1. The third kappa shape index (κ3) is 9.32. The van der Waals surface area contributed by atoms with E-state index >= 15 is 0 Å². The van der Waals surface area contributed by atoms with Gasteiger partial charge < -0.3 is 18.9 Å². The molecule has 0 fully saturated rings. The Kier molecular flexibility index (Phi) is 10.5. The lowest BCUT2D eigenvalue weighted by Gasteiger charge is -2.39. The monoisotopic (exact) mass is 460 g/mol. The Morgan fingerprint density at radius 2 is 1.30 bits per heavy atom. The fourth-order valence-corrected chi connectivity index (χ4v) is 3.94. The van der Waals surface area contributed by atoms with Crippen LogP contribution in [0.15, 0.2) is 11.8 Å². The van der Waals surface area contributed by atoms with Crippen molar-refractivity contribution in [3.05, 3.63) is 11.8 Å². The summed E-state index contributed by atoms with van der Waals surface area (Å²) in [4.78, 5) is 24.5. The van der Waals surface area contributed by atoms with E-state index in [-0.39, 0.29) is 16.1 Å². The van der Waals surface area contributed by atoms with Gasteiger partial charge in [0.15, 0.2) is 16.6 Å². The average Bonchev–Trinajstić information content (AvgIpc) is 2.55. The highest BCUT2D eigenvalue weighted by Crippen LogP contribution is 2.37. The van der Waals surface area contributed by atoms with E-state index in [4.69, 9.17) is 13.6 Å². The molecular weight excluding hydrogens is 416 g/mol. The number of hydrogen-bond acceptors (Lipinski definition) is 5. The minimum absolute atomic E-state index is 0.0537. The second-order valence-electron chi connectivity index (χ2n) is 10.8. The van der Waals surface area contributed by atoms with Crippen molar-refractivity contribution in [3.8, 4) is 0 Å². The first-order valence-electron chi connectivity index (χ1n) is 10.4. The predicted molar refractivity (Wildman–Crippen MR) is 128 cm³/mol. The summed E-state index contributed by atoms with van der Waals surface area (Å²) in [6.07, 6.45) is 1.29. The molecule has 7 nitrogen and oxygen atoms in total. The molecule has 0 aromatic heterocycles. The van der Waals surface area contributed by atoms with E-state index < -0.39 is 28.6 Å². The molecule has 0 spiro atoms. The molecule has 0 rings (SSSR count). The highest BCUT2D eigenvalue weighted by molar-refractivity contribution is 6.74. The number of carbonyl (C=O) groups is 2. The minimum atomic E-state index is -2.00. The topological polar surface area (TPSA) is 85.9 Å². The number of ether oxygens (including phenoxy) is 1. The molecule has 0 heterocycles. The van der Waals surface area contributed by atoms with Crippen LogP contribution in [0.5, 0.6) is 0 Å². The third-order valence-electron chi connectivity index (χ3n) is 6.12. The van der Waals surface area contributed by atoms with Crippen molar-refractivity contribution in [2.45, 2.75) is 90.8 Å². The van der Waals surface area contributed by atoms with Gasteiger partial charge in [0.25, 0.3) is 5.91 Å². The van der Waals surface area contributed by atoms with E-state index in [9.17, 15) is 9.59 Å². The summed E-state index contributed by atoms with van der Waals surface area (Å²) in [6, 6.07) is -0.945. The molecule has 176 valence electrons. The summed E-state index contributed by atoms with van der Waals surface area (Å²) in [7, 11) is -2.55. The maximum absolute atomic E-state index is 12.4. The largest absolute Gasteiger partial charge is 0.504 e. The van der Waals surface area contributed by atoms with Crippen LogP contribution in [0.3, 0.4) is 0 Å². The van der Waals surface area contributed by atoms with Crippen molar-refractivity contribution in [2.24, 2.45) is 0 Å². The van der Waals surface area contributed by atoms with Gasteiger partial charge in [0.1, 0.15) is 0 Å². The Morgan fingerprint density at radius 3 is 1.63 bits per heavy atom. The van der Waals surface area contributed by atoms with Crippen LogP contribution in [-0.4, -0.2) is 54.9 Å². The maximum Gasteiger partial charge on any atom is 0.322 e. The molecule has 0 saturated carbocycles. The second-order valence-corrected chi connectivity index (χ2v) is 20.4. The lowest BCUT2D eigenvalue weighted by Crippen LogP contribution is -2.53. The van der Waals surface area contributed by atoms with Crippen LogP contribution in [0, 0.1) is 0 Å². The summed E-state index contributed by atoms with van der Waals surface area (Å²) in [5.41, 5.74) is 0.305. The molecule has 3 amide bonds. The minimum Gasteiger partial charge on any atom is -0.504 e. The van der Waals surface area contributed by atoms with Crippen LogP contribution >= 0.6 is 0 Å². The average molecular weight is 461 g/mol. The predicted octanol–water partition coefficient (Wildman–Crippen LogP) is 4.77. The van der Waals surface area contributed by atoms with Crippen LogP contribution in [-0.2, 0) is 18.4 Å². The van der Waals surface area contributed by atoms with E-state index in [1.54, 1.807) is 6.92 Å². The molecule has 0 unspecified atom stereocenters. The quantitative estimate of drug-likeness (QED) is 0.294. The maximum atomic E-state index is 12.4. The van der Waals surface area contributed by atoms with E-state index in [0.717, 1.165) is 0 Å². The molecule has 0 aliphatic heterocycles. The van der Waals surface area contributed by atoms with Gasteiger partial charge >= 0.3 is 6.03 Å². The zero-order chi connectivity index (χ0) is 24.0. The molecule has 0 aromatic rings. The van der Waals surface area contributed by atoms with Gasteiger partial charge in [0.05, 0.1) is 32.6 Å². The zero-order valence-electron chi connectivity index (χ0n) is 21.1.